The molecule has 4 heteroatoms. The third-order valence-electron chi connectivity index (χ3n) is 8.88. The summed E-state index contributed by atoms with van der Waals surface area (Å²) >= 11 is 0. The number of piperidine rings is 1. The summed E-state index contributed by atoms with van der Waals surface area (Å²) in [4.78, 5) is 5.49. The Morgan fingerprint density at radius 1 is 0.821 bits per heavy atom. The lowest BCUT2D eigenvalue weighted by Crippen LogP contribution is -2.52. The topological polar surface area (TPSA) is 24.9 Å². The second-order valence-electron chi connectivity index (χ2n) is 12.0. The molecule has 0 N–H and O–H groups in total. The van der Waals surface area contributed by atoms with Crippen molar-refractivity contribution in [3.05, 3.63) is 0 Å². The van der Waals surface area contributed by atoms with E-state index < -0.39 is 0 Å². The number of nitrogens with zero attached hydrogens (tertiary/aromatic N) is 2. The molecule has 0 bridgehead atoms. The van der Waals surface area contributed by atoms with Gasteiger partial charge in [0.25, 0.3) is 0 Å². The van der Waals surface area contributed by atoms with E-state index >= 15 is 0 Å². The standard InChI is InChI=1S/C24H44N2O2/c1-21(2,3)25-12-7-24(8-13-25)19-28-17-20(24)16-22(4,5)26-11-6-23(18-26)9-14-27-15-10-23/h20H,6-19H2,1-5H3. The highest BCUT2D eigenvalue weighted by Gasteiger charge is 2.50. The zero-order valence-corrected chi connectivity index (χ0v) is 19.2. The molecule has 4 aliphatic rings. The van der Waals surface area contributed by atoms with Gasteiger partial charge in [0.05, 0.1) is 13.2 Å². The van der Waals surface area contributed by atoms with E-state index in [2.05, 4.69) is 44.4 Å². The first-order chi connectivity index (χ1) is 13.1. The Labute approximate surface area is 173 Å². The highest BCUT2D eigenvalue weighted by Crippen LogP contribution is 2.49. The Morgan fingerprint density at radius 3 is 2.11 bits per heavy atom. The number of hydrogen-bond acceptors (Lipinski definition) is 4. The smallest absolute Gasteiger partial charge is 0.0527 e. The molecule has 0 saturated carbocycles. The van der Waals surface area contributed by atoms with E-state index in [1.165, 1.54) is 64.7 Å². The van der Waals surface area contributed by atoms with Crippen LogP contribution in [0.5, 0.6) is 0 Å². The second kappa shape index (κ2) is 7.51. The molecule has 0 amide bonds. The van der Waals surface area contributed by atoms with Crippen LogP contribution in [0.2, 0.25) is 0 Å². The molecular formula is C24H44N2O2. The summed E-state index contributed by atoms with van der Waals surface area (Å²) < 4.78 is 11.8. The maximum absolute atomic E-state index is 6.14. The number of likely N-dealkylation sites (tertiary alicyclic amines) is 2. The van der Waals surface area contributed by atoms with E-state index in [1.807, 2.05) is 0 Å². The van der Waals surface area contributed by atoms with Gasteiger partial charge in [0.1, 0.15) is 0 Å². The average Bonchev–Trinajstić information content (AvgIpc) is 3.21. The fourth-order valence-corrected chi connectivity index (χ4v) is 6.55. The van der Waals surface area contributed by atoms with E-state index in [9.17, 15) is 0 Å². The minimum Gasteiger partial charge on any atom is -0.381 e. The monoisotopic (exact) mass is 392 g/mol. The summed E-state index contributed by atoms with van der Waals surface area (Å²) in [5.74, 6) is 0.718. The van der Waals surface area contributed by atoms with Crippen LogP contribution in [-0.4, -0.2) is 73.5 Å². The van der Waals surface area contributed by atoms with Crippen molar-refractivity contribution in [2.45, 2.75) is 84.2 Å². The molecular weight excluding hydrogens is 348 g/mol. The lowest BCUT2D eigenvalue weighted by molar-refractivity contribution is -0.00295. The molecule has 0 aromatic carbocycles. The largest absolute Gasteiger partial charge is 0.381 e. The number of ether oxygens (including phenoxy) is 2. The van der Waals surface area contributed by atoms with Gasteiger partial charge in [-0.3, -0.25) is 9.80 Å². The fourth-order valence-electron chi connectivity index (χ4n) is 6.55. The molecule has 4 heterocycles. The Hall–Kier alpha value is -0.160. The van der Waals surface area contributed by atoms with Crippen molar-refractivity contribution in [2.24, 2.45) is 16.7 Å². The van der Waals surface area contributed by atoms with Crippen LogP contribution in [0.1, 0.15) is 73.1 Å². The van der Waals surface area contributed by atoms with E-state index in [0.29, 0.717) is 16.4 Å². The van der Waals surface area contributed by atoms with Gasteiger partial charge in [-0.15, -0.1) is 0 Å². The van der Waals surface area contributed by atoms with Gasteiger partial charge in [-0.1, -0.05) is 0 Å². The Kier molecular flexibility index (Phi) is 5.66. The summed E-state index contributed by atoms with van der Waals surface area (Å²) in [6.07, 6.45) is 7.80. The van der Waals surface area contributed by atoms with Gasteiger partial charge in [0.15, 0.2) is 0 Å². The molecule has 4 saturated heterocycles. The van der Waals surface area contributed by atoms with Crippen molar-refractivity contribution < 1.29 is 9.47 Å². The third kappa shape index (κ3) is 4.04. The Morgan fingerprint density at radius 2 is 1.46 bits per heavy atom. The molecule has 0 aromatic rings. The Balaban J connectivity index is 1.39. The predicted molar refractivity (Wildman–Crippen MR) is 115 cm³/mol. The first-order valence-corrected chi connectivity index (χ1v) is 11.8. The molecule has 0 radical (unpaired) electrons. The van der Waals surface area contributed by atoms with Gasteiger partial charge in [-0.05, 0) is 104 Å². The van der Waals surface area contributed by atoms with Crippen molar-refractivity contribution in [1.82, 2.24) is 9.80 Å². The van der Waals surface area contributed by atoms with Crippen LogP contribution < -0.4 is 0 Å². The lowest BCUT2D eigenvalue weighted by Gasteiger charge is -2.49. The van der Waals surface area contributed by atoms with E-state index in [1.54, 1.807) is 0 Å². The summed E-state index contributed by atoms with van der Waals surface area (Å²) in [6.45, 7) is 21.0. The highest BCUT2D eigenvalue weighted by atomic mass is 16.5. The van der Waals surface area contributed by atoms with E-state index in [-0.39, 0.29) is 5.54 Å². The van der Waals surface area contributed by atoms with Crippen LogP contribution in [0.15, 0.2) is 0 Å². The summed E-state index contributed by atoms with van der Waals surface area (Å²) in [7, 11) is 0. The number of hydrogen-bond donors (Lipinski definition) is 0. The third-order valence-corrected chi connectivity index (χ3v) is 8.88. The minimum absolute atomic E-state index is 0.272. The van der Waals surface area contributed by atoms with Crippen LogP contribution in [0.4, 0.5) is 0 Å². The normalized spacial score (nSPS) is 31.8. The van der Waals surface area contributed by atoms with Crippen LogP contribution in [0.25, 0.3) is 0 Å². The van der Waals surface area contributed by atoms with Crippen LogP contribution in [0.3, 0.4) is 0 Å². The van der Waals surface area contributed by atoms with Crippen LogP contribution in [0, 0.1) is 16.7 Å². The van der Waals surface area contributed by atoms with Gasteiger partial charge < -0.3 is 9.47 Å². The molecule has 2 spiro atoms. The predicted octanol–water partition coefficient (Wildman–Crippen LogP) is 4.18. The maximum atomic E-state index is 6.14. The molecule has 4 aliphatic heterocycles. The Bertz CT molecular complexity index is 539. The highest BCUT2D eigenvalue weighted by molar-refractivity contribution is 5.02. The second-order valence-corrected chi connectivity index (χ2v) is 12.0. The van der Waals surface area contributed by atoms with Crippen molar-refractivity contribution in [1.29, 1.82) is 0 Å². The number of rotatable bonds is 3. The molecule has 1 atom stereocenters. The fraction of sp³-hybridized carbons (Fsp3) is 1.00. The van der Waals surface area contributed by atoms with Crippen molar-refractivity contribution >= 4 is 0 Å². The van der Waals surface area contributed by atoms with E-state index in [0.717, 1.165) is 32.3 Å². The summed E-state index contributed by atoms with van der Waals surface area (Å²) in [6, 6.07) is 0. The van der Waals surface area contributed by atoms with Crippen LogP contribution in [-0.2, 0) is 9.47 Å². The molecule has 162 valence electrons. The molecule has 1 unspecified atom stereocenters. The molecule has 4 rings (SSSR count). The van der Waals surface area contributed by atoms with E-state index in [4.69, 9.17) is 9.47 Å². The average molecular weight is 393 g/mol. The van der Waals surface area contributed by atoms with Crippen molar-refractivity contribution in [2.75, 3.05) is 52.6 Å². The molecule has 0 aromatic heterocycles. The summed E-state index contributed by atoms with van der Waals surface area (Å²) in [5, 5.41) is 0. The maximum Gasteiger partial charge on any atom is 0.0527 e. The molecule has 4 fully saturated rings. The zero-order valence-electron chi connectivity index (χ0n) is 19.2. The SMILES string of the molecule is CC(C)(C)N1CCC2(CC1)COCC2CC(C)(C)N1CCC2(CCOCC2)C1. The minimum atomic E-state index is 0.272. The van der Waals surface area contributed by atoms with Gasteiger partial charge in [0.2, 0.25) is 0 Å². The quantitative estimate of drug-likeness (QED) is 0.719. The zero-order chi connectivity index (χ0) is 20.0. The van der Waals surface area contributed by atoms with Gasteiger partial charge >= 0.3 is 0 Å². The molecule has 4 nitrogen and oxygen atoms in total. The lowest BCUT2D eigenvalue weighted by atomic mass is 9.67. The summed E-state index contributed by atoms with van der Waals surface area (Å²) in [5.41, 5.74) is 1.53. The van der Waals surface area contributed by atoms with Crippen molar-refractivity contribution in [3.8, 4) is 0 Å². The van der Waals surface area contributed by atoms with Gasteiger partial charge in [-0.25, -0.2) is 0 Å². The van der Waals surface area contributed by atoms with Crippen molar-refractivity contribution in [3.63, 3.8) is 0 Å². The first-order valence-electron chi connectivity index (χ1n) is 11.8. The first kappa shape index (κ1) is 21.1. The van der Waals surface area contributed by atoms with Crippen LogP contribution >= 0.6 is 0 Å². The molecule has 28 heavy (non-hydrogen) atoms. The van der Waals surface area contributed by atoms with Gasteiger partial charge in [0, 0.05) is 36.3 Å². The molecule has 0 aliphatic carbocycles. The van der Waals surface area contributed by atoms with Gasteiger partial charge in [-0.2, -0.15) is 0 Å².